The van der Waals surface area contributed by atoms with Gasteiger partial charge in [0.1, 0.15) is 11.6 Å². The first-order valence-electron chi connectivity index (χ1n) is 6.96. The van der Waals surface area contributed by atoms with Crippen LogP contribution in [0, 0.1) is 11.6 Å². The van der Waals surface area contributed by atoms with E-state index < -0.39 is 17.6 Å². The van der Waals surface area contributed by atoms with E-state index in [-0.39, 0.29) is 6.42 Å². The molecule has 1 saturated carbocycles. The summed E-state index contributed by atoms with van der Waals surface area (Å²) in [6, 6.07) is 3.86. The summed E-state index contributed by atoms with van der Waals surface area (Å²) in [5.41, 5.74) is 0.420. The standard InChI is InChI=1S/C15H19F2NO2/c16-12-6-5-11(14(17)9-12)10-18(8-7-15(19)20)13-3-1-2-4-13/h5-6,9,13H,1-4,7-8,10H2,(H,19,20). The highest BCUT2D eigenvalue weighted by Crippen LogP contribution is 2.25. The van der Waals surface area contributed by atoms with Crippen LogP contribution < -0.4 is 0 Å². The highest BCUT2D eigenvalue weighted by atomic mass is 19.1. The number of carbonyl (C=O) groups is 1. The van der Waals surface area contributed by atoms with Gasteiger partial charge in [0.25, 0.3) is 0 Å². The monoisotopic (exact) mass is 283 g/mol. The molecule has 5 heteroatoms. The molecular formula is C15H19F2NO2. The normalized spacial score (nSPS) is 15.9. The van der Waals surface area contributed by atoms with Gasteiger partial charge in [0.05, 0.1) is 6.42 Å². The second-order valence-corrected chi connectivity index (χ2v) is 5.29. The summed E-state index contributed by atoms with van der Waals surface area (Å²) in [4.78, 5) is 12.7. The van der Waals surface area contributed by atoms with Gasteiger partial charge in [0, 0.05) is 30.8 Å². The average molecular weight is 283 g/mol. The van der Waals surface area contributed by atoms with Crippen molar-refractivity contribution in [3.63, 3.8) is 0 Å². The van der Waals surface area contributed by atoms with E-state index in [2.05, 4.69) is 0 Å². The van der Waals surface area contributed by atoms with E-state index >= 15 is 0 Å². The Balaban J connectivity index is 2.07. The van der Waals surface area contributed by atoms with Crippen LogP contribution in [-0.4, -0.2) is 28.6 Å². The van der Waals surface area contributed by atoms with Crippen molar-refractivity contribution in [2.75, 3.05) is 6.54 Å². The summed E-state index contributed by atoms with van der Waals surface area (Å²) in [6.45, 7) is 0.737. The van der Waals surface area contributed by atoms with Crippen LogP contribution >= 0.6 is 0 Å². The number of hydrogen-bond donors (Lipinski definition) is 1. The molecule has 110 valence electrons. The fourth-order valence-corrected chi connectivity index (χ4v) is 2.77. The van der Waals surface area contributed by atoms with Crippen LogP contribution in [0.25, 0.3) is 0 Å². The van der Waals surface area contributed by atoms with Crippen LogP contribution in [0.4, 0.5) is 8.78 Å². The molecule has 0 amide bonds. The SMILES string of the molecule is O=C(O)CCN(Cc1ccc(F)cc1F)C1CCCC1. The molecule has 0 radical (unpaired) electrons. The maximum atomic E-state index is 13.7. The van der Waals surface area contributed by atoms with Gasteiger partial charge in [0.2, 0.25) is 0 Å². The zero-order valence-electron chi connectivity index (χ0n) is 11.3. The van der Waals surface area contributed by atoms with E-state index in [0.29, 0.717) is 24.7 Å². The first-order chi connectivity index (χ1) is 9.56. The molecule has 2 rings (SSSR count). The zero-order chi connectivity index (χ0) is 14.5. The fraction of sp³-hybridized carbons (Fsp3) is 0.533. The van der Waals surface area contributed by atoms with Crippen molar-refractivity contribution in [3.05, 3.63) is 35.4 Å². The molecule has 1 aliphatic rings. The largest absolute Gasteiger partial charge is 0.481 e. The lowest BCUT2D eigenvalue weighted by atomic mass is 10.1. The first-order valence-corrected chi connectivity index (χ1v) is 6.96. The van der Waals surface area contributed by atoms with Gasteiger partial charge in [-0.1, -0.05) is 18.9 Å². The molecule has 1 fully saturated rings. The van der Waals surface area contributed by atoms with E-state index in [0.717, 1.165) is 31.7 Å². The summed E-state index contributed by atoms with van der Waals surface area (Å²) in [5, 5.41) is 8.81. The fourth-order valence-electron chi connectivity index (χ4n) is 2.77. The second kappa shape index (κ2) is 6.79. The van der Waals surface area contributed by atoms with Gasteiger partial charge in [-0.05, 0) is 18.9 Å². The zero-order valence-corrected chi connectivity index (χ0v) is 11.3. The van der Waals surface area contributed by atoms with Crippen molar-refractivity contribution in [1.29, 1.82) is 0 Å². The molecule has 3 nitrogen and oxygen atoms in total. The minimum atomic E-state index is -0.854. The lowest BCUT2D eigenvalue weighted by Crippen LogP contribution is -2.34. The number of nitrogens with zero attached hydrogens (tertiary/aromatic N) is 1. The van der Waals surface area contributed by atoms with Crippen LogP contribution in [0.15, 0.2) is 18.2 Å². The number of halogens is 2. The van der Waals surface area contributed by atoms with Gasteiger partial charge in [-0.15, -0.1) is 0 Å². The number of rotatable bonds is 6. The van der Waals surface area contributed by atoms with Crippen molar-refractivity contribution in [2.45, 2.75) is 44.7 Å². The Labute approximate surface area is 117 Å². The maximum Gasteiger partial charge on any atom is 0.304 e. The second-order valence-electron chi connectivity index (χ2n) is 5.29. The van der Waals surface area contributed by atoms with Gasteiger partial charge in [-0.3, -0.25) is 9.69 Å². The van der Waals surface area contributed by atoms with Crippen LogP contribution in [-0.2, 0) is 11.3 Å². The lowest BCUT2D eigenvalue weighted by Gasteiger charge is -2.28. The number of hydrogen-bond acceptors (Lipinski definition) is 2. The molecule has 1 aliphatic carbocycles. The van der Waals surface area contributed by atoms with Crippen LogP contribution in [0.1, 0.15) is 37.7 Å². The Kier molecular flexibility index (Phi) is 5.06. The van der Waals surface area contributed by atoms with Crippen molar-refractivity contribution in [3.8, 4) is 0 Å². The molecule has 0 atom stereocenters. The molecule has 0 bridgehead atoms. The molecule has 1 aromatic carbocycles. The van der Waals surface area contributed by atoms with Crippen LogP contribution in [0.2, 0.25) is 0 Å². The number of carboxylic acid groups (broad SMARTS) is 1. The topological polar surface area (TPSA) is 40.5 Å². The number of carboxylic acids is 1. The van der Waals surface area contributed by atoms with Crippen molar-refractivity contribution in [2.24, 2.45) is 0 Å². The summed E-state index contributed by atoms with van der Waals surface area (Å²) in [7, 11) is 0. The third-order valence-electron chi connectivity index (χ3n) is 3.84. The van der Waals surface area contributed by atoms with Crippen LogP contribution in [0.5, 0.6) is 0 Å². The Hall–Kier alpha value is -1.49. The quantitative estimate of drug-likeness (QED) is 0.871. The number of benzene rings is 1. The lowest BCUT2D eigenvalue weighted by molar-refractivity contribution is -0.137. The van der Waals surface area contributed by atoms with Gasteiger partial charge in [-0.25, -0.2) is 8.78 Å². The van der Waals surface area contributed by atoms with E-state index in [1.165, 1.54) is 12.1 Å². The third kappa shape index (κ3) is 4.00. The summed E-state index contributed by atoms with van der Waals surface area (Å²) in [5.74, 6) is -2.01. The molecule has 0 heterocycles. The van der Waals surface area contributed by atoms with Crippen molar-refractivity contribution >= 4 is 5.97 Å². The van der Waals surface area contributed by atoms with Crippen LogP contribution in [0.3, 0.4) is 0 Å². The molecule has 1 aromatic rings. The highest BCUT2D eigenvalue weighted by Gasteiger charge is 2.23. The summed E-state index contributed by atoms with van der Waals surface area (Å²) >= 11 is 0. The molecule has 20 heavy (non-hydrogen) atoms. The Morgan fingerprint density at radius 2 is 2.00 bits per heavy atom. The van der Waals surface area contributed by atoms with Gasteiger partial charge < -0.3 is 5.11 Å². The van der Waals surface area contributed by atoms with Crippen molar-refractivity contribution < 1.29 is 18.7 Å². The predicted octanol–water partition coefficient (Wildman–Crippen LogP) is 3.18. The molecule has 0 aliphatic heterocycles. The minimum absolute atomic E-state index is 0.0410. The molecule has 0 saturated heterocycles. The van der Waals surface area contributed by atoms with E-state index in [9.17, 15) is 13.6 Å². The van der Waals surface area contributed by atoms with E-state index in [4.69, 9.17) is 5.11 Å². The van der Waals surface area contributed by atoms with Crippen molar-refractivity contribution in [1.82, 2.24) is 4.90 Å². The predicted molar refractivity (Wildman–Crippen MR) is 71.3 cm³/mol. The summed E-state index contributed by atoms with van der Waals surface area (Å²) in [6.07, 6.45) is 4.32. The molecule has 0 unspecified atom stereocenters. The van der Waals surface area contributed by atoms with E-state index in [1.807, 2.05) is 4.90 Å². The first kappa shape index (κ1) is 14.9. The maximum absolute atomic E-state index is 13.7. The highest BCUT2D eigenvalue weighted by molar-refractivity contribution is 5.66. The Morgan fingerprint density at radius 1 is 1.30 bits per heavy atom. The smallest absolute Gasteiger partial charge is 0.304 e. The minimum Gasteiger partial charge on any atom is -0.481 e. The Bertz CT molecular complexity index is 473. The average Bonchev–Trinajstić information content (AvgIpc) is 2.90. The molecule has 1 N–H and O–H groups in total. The molecule has 0 spiro atoms. The van der Waals surface area contributed by atoms with Gasteiger partial charge >= 0.3 is 5.97 Å². The third-order valence-corrected chi connectivity index (χ3v) is 3.84. The van der Waals surface area contributed by atoms with E-state index in [1.54, 1.807) is 0 Å². The summed E-state index contributed by atoms with van der Waals surface area (Å²) < 4.78 is 26.6. The van der Waals surface area contributed by atoms with Gasteiger partial charge in [-0.2, -0.15) is 0 Å². The molecule has 0 aromatic heterocycles. The number of aliphatic carboxylic acids is 1. The van der Waals surface area contributed by atoms with Gasteiger partial charge in [0.15, 0.2) is 0 Å². The Morgan fingerprint density at radius 3 is 2.60 bits per heavy atom. The molecular weight excluding hydrogens is 264 g/mol.